The Labute approximate surface area is 128 Å². The first-order valence-electron chi connectivity index (χ1n) is 6.73. The van der Waals surface area contributed by atoms with Crippen molar-refractivity contribution in [2.75, 3.05) is 6.61 Å². The summed E-state index contributed by atoms with van der Waals surface area (Å²) in [7, 11) is 0. The molecule has 0 fully saturated rings. The van der Waals surface area contributed by atoms with Crippen LogP contribution >= 0.6 is 0 Å². The van der Waals surface area contributed by atoms with Crippen LogP contribution in [0.25, 0.3) is 5.57 Å². The molecule has 22 heavy (non-hydrogen) atoms. The van der Waals surface area contributed by atoms with E-state index >= 15 is 0 Å². The Hall–Kier alpha value is -2.90. The predicted octanol–water partition coefficient (Wildman–Crippen LogP) is 3.33. The van der Waals surface area contributed by atoms with Gasteiger partial charge in [-0.1, -0.05) is 42.2 Å². The second-order valence-electron chi connectivity index (χ2n) is 4.72. The summed E-state index contributed by atoms with van der Waals surface area (Å²) in [5.74, 6) is 5.83. The minimum Gasteiger partial charge on any atom is -0.392 e. The van der Waals surface area contributed by atoms with Crippen LogP contribution in [0.15, 0.2) is 54.6 Å². The van der Waals surface area contributed by atoms with E-state index in [1.54, 1.807) is 25.1 Å². The first-order valence-corrected chi connectivity index (χ1v) is 6.73. The first-order chi connectivity index (χ1) is 10.6. The summed E-state index contributed by atoms with van der Waals surface area (Å²) in [6, 6.07) is 14.3. The molecule has 0 saturated heterocycles. The molecule has 0 bridgehead atoms. The van der Waals surface area contributed by atoms with Crippen molar-refractivity contribution in [1.29, 1.82) is 0 Å². The summed E-state index contributed by atoms with van der Waals surface area (Å²) in [6.07, 6.45) is 1.58. The van der Waals surface area contributed by atoms with Crippen molar-refractivity contribution in [2.45, 2.75) is 6.92 Å². The molecule has 0 heterocycles. The molecule has 0 unspecified atom stereocenters. The molecule has 0 atom stereocenters. The zero-order valence-corrected chi connectivity index (χ0v) is 12.1. The molecular formula is C18H15NO3. The lowest BCUT2D eigenvalue weighted by molar-refractivity contribution is -0.385. The van der Waals surface area contributed by atoms with Gasteiger partial charge in [-0.3, -0.25) is 10.1 Å². The van der Waals surface area contributed by atoms with Gasteiger partial charge in [0.2, 0.25) is 0 Å². The van der Waals surface area contributed by atoms with Crippen molar-refractivity contribution in [1.82, 2.24) is 0 Å². The number of aliphatic hydroxyl groups excluding tert-OH is 1. The number of rotatable bonds is 3. The third-order valence-electron chi connectivity index (χ3n) is 3.18. The first kappa shape index (κ1) is 15.5. The fourth-order valence-electron chi connectivity index (χ4n) is 1.95. The fourth-order valence-corrected chi connectivity index (χ4v) is 1.95. The summed E-state index contributed by atoms with van der Waals surface area (Å²) in [5, 5.41) is 20.4. The van der Waals surface area contributed by atoms with Crippen LogP contribution in [0.5, 0.6) is 0 Å². The van der Waals surface area contributed by atoms with E-state index in [9.17, 15) is 15.2 Å². The largest absolute Gasteiger partial charge is 0.392 e. The molecule has 0 aliphatic heterocycles. The van der Waals surface area contributed by atoms with Gasteiger partial charge in [-0.15, -0.1) is 0 Å². The van der Waals surface area contributed by atoms with E-state index in [4.69, 9.17) is 0 Å². The summed E-state index contributed by atoms with van der Waals surface area (Å²) in [6.45, 7) is 1.45. The molecule has 2 aromatic rings. The highest BCUT2D eigenvalue weighted by Crippen LogP contribution is 2.23. The van der Waals surface area contributed by atoms with E-state index in [0.29, 0.717) is 16.7 Å². The number of benzene rings is 2. The topological polar surface area (TPSA) is 63.4 Å². The molecule has 2 aromatic carbocycles. The Morgan fingerprint density at radius 2 is 2.00 bits per heavy atom. The monoisotopic (exact) mass is 293 g/mol. The summed E-state index contributed by atoms with van der Waals surface area (Å²) in [5.41, 5.74) is 2.63. The highest BCUT2D eigenvalue weighted by atomic mass is 16.6. The molecule has 0 aromatic heterocycles. The predicted molar refractivity (Wildman–Crippen MR) is 86.2 cm³/mol. The molecule has 0 aliphatic rings. The zero-order chi connectivity index (χ0) is 15.9. The Kier molecular flexibility index (Phi) is 5.07. The van der Waals surface area contributed by atoms with E-state index in [1.807, 2.05) is 30.3 Å². The number of allylic oxidation sites excluding steroid dienone is 1. The Morgan fingerprint density at radius 1 is 1.27 bits per heavy atom. The quantitative estimate of drug-likeness (QED) is 0.536. The molecule has 0 amide bonds. The number of aryl methyl sites for hydroxylation is 1. The van der Waals surface area contributed by atoms with Crippen LogP contribution in [0.3, 0.4) is 0 Å². The zero-order valence-electron chi connectivity index (χ0n) is 12.1. The molecule has 0 spiro atoms. The maximum absolute atomic E-state index is 11.0. The van der Waals surface area contributed by atoms with Crippen molar-refractivity contribution < 1.29 is 10.0 Å². The number of hydrogen-bond donors (Lipinski definition) is 1. The van der Waals surface area contributed by atoms with Gasteiger partial charge in [0.25, 0.3) is 5.69 Å². The van der Waals surface area contributed by atoms with Crippen LogP contribution in [0.1, 0.15) is 16.7 Å². The lowest BCUT2D eigenvalue weighted by Crippen LogP contribution is -1.96. The van der Waals surface area contributed by atoms with Gasteiger partial charge in [-0.2, -0.15) is 0 Å². The molecule has 0 radical (unpaired) electrons. The normalized spacial score (nSPS) is 10.7. The van der Waals surface area contributed by atoms with E-state index in [1.165, 1.54) is 6.07 Å². The maximum atomic E-state index is 11.0. The maximum Gasteiger partial charge on any atom is 0.272 e. The highest BCUT2D eigenvalue weighted by Gasteiger charge is 2.12. The van der Waals surface area contributed by atoms with Crippen LogP contribution in [0, 0.1) is 28.9 Å². The molecule has 1 N–H and O–H groups in total. The minimum absolute atomic E-state index is 0.0351. The Bertz CT molecular complexity index is 768. The summed E-state index contributed by atoms with van der Waals surface area (Å²) in [4.78, 5) is 10.6. The lowest BCUT2D eigenvalue weighted by Gasteiger charge is -2.04. The van der Waals surface area contributed by atoms with Crippen LogP contribution in [0.2, 0.25) is 0 Å². The number of nitrogens with zero attached hydrogens (tertiary/aromatic N) is 1. The van der Waals surface area contributed by atoms with Crippen molar-refractivity contribution in [3.63, 3.8) is 0 Å². The van der Waals surface area contributed by atoms with Gasteiger partial charge in [-0.05, 0) is 36.3 Å². The van der Waals surface area contributed by atoms with Gasteiger partial charge in [0, 0.05) is 17.2 Å². The minimum atomic E-state index is -0.427. The van der Waals surface area contributed by atoms with Crippen LogP contribution in [0.4, 0.5) is 5.69 Å². The number of nitro groups is 1. The SMILES string of the molecule is Cc1ccc(/C(=C/C#Cc2ccccc2)CO)cc1[N+](=O)[O-]. The fraction of sp³-hybridized carbons (Fsp3) is 0.111. The Balaban J connectivity index is 2.33. The molecule has 110 valence electrons. The second kappa shape index (κ2) is 7.21. The number of nitro benzene ring substituents is 1. The highest BCUT2D eigenvalue weighted by molar-refractivity contribution is 5.71. The van der Waals surface area contributed by atoms with Crippen molar-refractivity contribution in [3.05, 3.63) is 81.4 Å². The van der Waals surface area contributed by atoms with Gasteiger partial charge in [0.05, 0.1) is 11.5 Å². The average Bonchev–Trinajstić information content (AvgIpc) is 2.53. The van der Waals surface area contributed by atoms with E-state index in [0.717, 1.165) is 5.56 Å². The van der Waals surface area contributed by atoms with Crippen LogP contribution in [-0.4, -0.2) is 16.6 Å². The number of aliphatic hydroxyl groups is 1. The van der Waals surface area contributed by atoms with Gasteiger partial charge in [0.15, 0.2) is 0 Å². The molecule has 0 aliphatic carbocycles. The standard InChI is InChI=1S/C18H15NO3/c1-14-10-11-16(12-18(14)19(21)22)17(13-20)9-5-8-15-6-3-2-4-7-15/h2-4,6-7,9-12,20H,13H2,1H3/b17-9+. The van der Waals surface area contributed by atoms with Crippen molar-refractivity contribution in [2.24, 2.45) is 0 Å². The molecular weight excluding hydrogens is 278 g/mol. The van der Waals surface area contributed by atoms with E-state index < -0.39 is 4.92 Å². The van der Waals surface area contributed by atoms with Gasteiger partial charge >= 0.3 is 0 Å². The summed E-state index contributed by atoms with van der Waals surface area (Å²) < 4.78 is 0. The van der Waals surface area contributed by atoms with E-state index in [-0.39, 0.29) is 12.3 Å². The van der Waals surface area contributed by atoms with Crippen molar-refractivity contribution in [3.8, 4) is 11.8 Å². The summed E-state index contributed by atoms with van der Waals surface area (Å²) >= 11 is 0. The van der Waals surface area contributed by atoms with Crippen LogP contribution < -0.4 is 0 Å². The Morgan fingerprint density at radius 3 is 2.64 bits per heavy atom. The average molecular weight is 293 g/mol. The lowest BCUT2D eigenvalue weighted by atomic mass is 10.0. The molecule has 0 saturated carbocycles. The molecule has 4 heteroatoms. The van der Waals surface area contributed by atoms with Gasteiger partial charge in [0.1, 0.15) is 0 Å². The van der Waals surface area contributed by atoms with Crippen LogP contribution in [-0.2, 0) is 0 Å². The third kappa shape index (κ3) is 3.81. The third-order valence-corrected chi connectivity index (χ3v) is 3.18. The van der Waals surface area contributed by atoms with E-state index in [2.05, 4.69) is 11.8 Å². The smallest absolute Gasteiger partial charge is 0.272 e. The second-order valence-corrected chi connectivity index (χ2v) is 4.72. The van der Waals surface area contributed by atoms with Gasteiger partial charge in [-0.25, -0.2) is 0 Å². The molecule has 2 rings (SSSR count). The number of hydrogen-bond acceptors (Lipinski definition) is 3. The van der Waals surface area contributed by atoms with Crippen molar-refractivity contribution >= 4 is 11.3 Å². The molecule has 4 nitrogen and oxygen atoms in total. The van der Waals surface area contributed by atoms with Gasteiger partial charge < -0.3 is 5.11 Å².